The van der Waals surface area contributed by atoms with Gasteiger partial charge in [0.2, 0.25) is 0 Å². The first-order chi connectivity index (χ1) is 7.02. The van der Waals surface area contributed by atoms with Gasteiger partial charge in [-0.1, -0.05) is 0 Å². The van der Waals surface area contributed by atoms with Crippen LogP contribution in [-0.2, 0) is 0 Å². The fourth-order valence-corrected chi connectivity index (χ4v) is 2.59. The van der Waals surface area contributed by atoms with Crippen LogP contribution in [0.3, 0.4) is 0 Å². The zero-order valence-electron chi connectivity index (χ0n) is 7.25. The number of nitrogens with two attached hydrogens (primary N) is 1. The summed E-state index contributed by atoms with van der Waals surface area (Å²) in [6.07, 6.45) is 1.27. The Kier molecular flexibility index (Phi) is 2.47. The quantitative estimate of drug-likeness (QED) is 0.841. The molecule has 0 aliphatic heterocycles. The van der Waals surface area contributed by atoms with Gasteiger partial charge < -0.3 is 15.3 Å². The summed E-state index contributed by atoms with van der Waals surface area (Å²) < 4.78 is 6.02. The second-order valence-corrected chi connectivity index (χ2v) is 4.56. The zero-order chi connectivity index (χ0) is 11.2. The summed E-state index contributed by atoms with van der Waals surface area (Å²) >= 11 is 6.34. The zero-order valence-corrected chi connectivity index (χ0v) is 10.4. The molecule has 0 bridgehead atoms. The smallest absolute Gasteiger partial charge is 0.252 e. The van der Waals surface area contributed by atoms with Crippen LogP contribution in [0.2, 0.25) is 0 Å². The Morgan fingerprint density at radius 2 is 2.13 bits per heavy atom. The lowest BCUT2D eigenvalue weighted by Crippen LogP contribution is -2.09. The van der Waals surface area contributed by atoms with Gasteiger partial charge in [-0.3, -0.25) is 4.79 Å². The van der Waals surface area contributed by atoms with E-state index >= 15 is 0 Å². The van der Waals surface area contributed by atoms with E-state index in [0.29, 0.717) is 19.9 Å². The van der Waals surface area contributed by atoms with E-state index in [0.717, 1.165) is 0 Å². The predicted molar refractivity (Wildman–Crippen MR) is 61.8 cm³/mol. The first kappa shape index (κ1) is 10.5. The average Bonchev–Trinajstić information content (AvgIpc) is 2.58. The Bertz CT molecular complexity index is 562. The number of fused-ring (bicyclic) bond motifs is 1. The number of rotatable bonds is 1. The molecular formula is C9H5Br2NO3. The first-order valence-electron chi connectivity index (χ1n) is 3.90. The summed E-state index contributed by atoms with van der Waals surface area (Å²) in [5.74, 6) is -0.595. The van der Waals surface area contributed by atoms with Crippen LogP contribution in [0, 0.1) is 0 Å². The number of furan rings is 1. The summed E-state index contributed by atoms with van der Waals surface area (Å²) in [6, 6.07) is 1.57. The minimum Gasteiger partial charge on any atom is -0.506 e. The third-order valence-electron chi connectivity index (χ3n) is 2.00. The van der Waals surface area contributed by atoms with Gasteiger partial charge in [0.1, 0.15) is 17.6 Å². The Labute approximate surface area is 101 Å². The molecule has 0 fully saturated rings. The number of hydrogen-bond donors (Lipinski definition) is 2. The second kappa shape index (κ2) is 3.53. The van der Waals surface area contributed by atoms with Crippen LogP contribution >= 0.6 is 31.9 Å². The van der Waals surface area contributed by atoms with Gasteiger partial charge in [-0.25, -0.2) is 0 Å². The van der Waals surface area contributed by atoms with E-state index in [1.54, 1.807) is 6.07 Å². The molecule has 0 aliphatic carbocycles. The van der Waals surface area contributed by atoms with Crippen molar-refractivity contribution >= 4 is 48.7 Å². The number of hydrogen-bond acceptors (Lipinski definition) is 3. The van der Waals surface area contributed by atoms with Crippen molar-refractivity contribution in [2.45, 2.75) is 0 Å². The van der Waals surface area contributed by atoms with Crippen molar-refractivity contribution in [3.8, 4) is 5.75 Å². The minimum absolute atomic E-state index is 0.00593. The van der Waals surface area contributed by atoms with Gasteiger partial charge >= 0.3 is 0 Å². The highest BCUT2D eigenvalue weighted by Crippen LogP contribution is 2.40. The lowest BCUT2D eigenvalue weighted by atomic mass is 10.1. The third kappa shape index (κ3) is 1.53. The second-order valence-electron chi connectivity index (χ2n) is 2.91. The van der Waals surface area contributed by atoms with Gasteiger partial charge in [0, 0.05) is 0 Å². The van der Waals surface area contributed by atoms with Gasteiger partial charge in [0.25, 0.3) is 5.91 Å². The Morgan fingerprint density at radius 3 is 2.73 bits per heavy atom. The van der Waals surface area contributed by atoms with Crippen molar-refractivity contribution in [2.75, 3.05) is 0 Å². The number of aromatic hydroxyl groups is 1. The van der Waals surface area contributed by atoms with Crippen LogP contribution in [0.4, 0.5) is 0 Å². The summed E-state index contributed by atoms with van der Waals surface area (Å²) in [6.45, 7) is 0. The molecule has 6 heteroatoms. The average molecular weight is 335 g/mol. The number of benzene rings is 1. The number of amides is 1. The highest BCUT2D eigenvalue weighted by atomic mass is 79.9. The molecule has 4 nitrogen and oxygen atoms in total. The molecule has 3 N–H and O–H groups in total. The fraction of sp³-hybridized carbons (Fsp3) is 0. The van der Waals surface area contributed by atoms with Crippen LogP contribution in [0.1, 0.15) is 10.4 Å². The number of phenols is 1. The number of carbonyl (C=O) groups excluding carboxylic acids is 1. The van der Waals surface area contributed by atoms with Gasteiger partial charge in [0.05, 0.1) is 19.9 Å². The molecule has 0 saturated heterocycles. The van der Waals surface area contributed by atoms with E-state index in [1.807, 2.05) is 0 Å². The number of phenolic OH excluding ortho intramolecular Hbond substituents is 1. The number of carbonyl (C=O) groups is 1. The monoisotopic (exact) mass is 333 g/mol. The summed E-state index contributed by atoms with van der Waals surface area (Å²) in [4.78, 5) is 11.1. The lowest BCUT2D eigenvalue weighted by Gasteiger charge is -2.01. The number of primary amides is 1. The van der Waals surface area contributed by atoms with Gasteiger partial charge in [0.15, 0.2) is 0 Å². The molecule has 0 atom stereocenters. The predicted octanol–water partition coefficient (Wildman–Crippen LogP) is 2.76. The maximum absolute atomic E-state index is 11.1. The molecule has 2 aromatic rings. The highest BCUT2D eigenvalue weighted by Gasteiger charge is 2.18. The maximum atomic E-state index is 11.1. The van der Waals surface area contributed by atoms with E-state index in [-0.39, 0.29) is 11.3 Å². The molecule has 1 aromatic heterocycles. The molecule has 2 rings (SSSR count). The van der Waals surface area contributed by atoms with Crippen LogP contribution in [0.5, 0.6) is 5.75 Å². The largest absolute Gasteiger partial charge is 0.506 e. The van der Waals surface area contributed by atoms with Crippen molar-refractivity contribution in [3.05, 3.63) is 26.8 Å². The van der Waals surface area contributed by atoms with Crippen molar-refractivity contribution in [1.82, 2.24) is 0 Å². The van der Waals surface area contributed by atoms with Crippen molar-refractivity contribution in [1.29, 1.82) is 0 Å². The number of halogens is 2. The van der Waals surface area contributed by atoms with Gasteiger partial charge in [-0.05, 0) is 37.9 Å². The van der Waals surface area contributed by atoms with E-state index in [1.165, 1.54) is 6.26 Å². The molecular weight excluding hydrogens is 330 g/mol. The van der Waals surface area contributed by atoms with Gasteiger partial charge in [-0.2, -0.15) is 0 Å². The van der Waals surface area contributed by atoms with Crippen LogP contribution < -0.4 is 5.73 Å². The molecule has 0 radical (unpaired) electrons. The molecule has 0 unspecified atom stereocenters. The molecule has 1 aromatic carbocycles. The minimum atomic E-state index is -0.601. The van der Waals surface area contributed by atoms with E-state index < -0.39 is 5.91 Å². The normalized spacial score (nSPS) is 10.8. The molecule has 0 spiro atoms. The van der Waals surface area contributed by atoms with Crippen molar-refractivity contribution in [3.63, 3.8) is 0 Å². The highest BCUT2D eigenvalue weighted by molar-refractivity contribution is 9.11. The standard InChI is InChI=1S/C9H5Br2NO3/c10-4-1-5-6(7(11)8(4)13)3(2-15-5)9(12)14/h1-2,13H,(H2,12,14). The lowest BCUT2D eigenvalue weighted by molar-refractivity contribution is 0.100. The molecule has 78 valence electrons. The van der Waals surface area contributed by atoms with Crippen LogP contribution in [0.25, 0.3) is 11.0 Å². The first-order valence-corrected chi connectivity index (χ1v) is 5.49. The Balaban J connectivity index is 2.91. The van der Waals surface area contributed by atoms with E-state index in [2.05, 4.69) is 31.9 Å². The third-order valence-corrected chi connectivity index (χ3v) is 3.37. The van der Waals surface area contributed by atoms with Crippen molar-refractivity contribution in [2.24, 2.45) is 5.73 Å². The topological polar surface area (TPSA) is 76.5 Å². The Hall–Kier alpha value is -1.01. The molecule has 15 heavy (non-hydrogen) atoms. The SMILES string of the molecule is NC(=O)c1coc2cc(Br)c(O)c(Br)c12. The molecule has 1 heterocycles. The fourth-order valence-electron chi connectivity index (χ4n) is 1.29. The summed E-state index contributed by atoms with van der Waals surface area (Å²) in [7, 11) is 0. The summed E-state index contributed by atoms with van der Waals surface area (Å²) in [5, 5.41) is 10.1. The van der Waals surface area contributed by atoms with Crippen LogP contribution in [-0.4, -0.2) is 11.0 Å². The van der Waals surface area contributed by atoms with Crippen LogP contribution in [0.15, 0.2) is 25.7 Å². The van der Waals surface area contributed by atoms with E-state index in [9.17, 15) is 9.90 Å². The molecule has 1 amide bonds. The molecule has 0 aliphatic rings. The Morgan fingerprint density at radius 1 is 1.47 bits per heavy atom. The maximum Gasteiger partial charge on any atom is 0.252 e. The molecule has 0 saturated carbocycles. The van der Waals surface area contributed by atoms with Gasteiger partial charge in [-0.15, -0.1) is 0 Å². The summed E-state index contributed by atoms with van der Waals surface area (Å²) in [5.41, 5.74) is 5.88. The van der Waals surface area contributed by atoms with E-state index in [4.69, 9.17) is 10.2 Å². The van der Waals surface area contributed by atoms with Crippen molar-refractivity contribution < 1.29 is 14.3 Å².